The van der Waals surface area contributed by atoms with Gasteiger partial charge in [-0.3, -0.25) is 14.9 Å². The molecule has 1 fully saturated rings. The van der Waals surface area contributed by atoms with Crippen LogP contribution in [0.5, 0.6) is 0 Å². The molecule has 0 aromatic heterocycles. The van der Waals surface area contributed by atoms with Gasteiger partial charge in [0.05, 0.1) is 32.4 Å². The number of non-ortho nitro benzene ring substituents is 1. The predicted octanol–water partition coefficient (Wildman–Crippen LogP) is 5.90. The van der Waals surface area contributed by atoms with Gasteiger partial charge in [0.2, 0.25) is 0 Å². The quantitative estimate of drug-likeness (QED) is 0.473. The summed E-state index contributed by atoms with van der Waals surface area (Å²) < 4.78 is 39.8. The molecule has 0 bridgehead atoms. The van der Waals surface area contributed by atoms with Gasteiger partial charge in [-0.15, -0.1) is 0 Å². The minimum absolute atomic E-state index is 0.0221. The van der Waals surface area contributed by atoms with E-state index in [0.717, 1.165) is 43.5 Å². The minimum Gasteiger partial charge on any atom is -0.367 e. The van der Waals surface area contributed by atoms with Gasteiger partial charge in [0.15, 0.2) is 0 Å². The molecule has 0 aliphatic carbocycles. The summed E-state index contributed by atoms with van der Waals surface area (Å²) in [6, 6.07) is 6.63. The number of hydrogen-bond acceptors (Lipinski definition) is 4. The normalized spacial score (nSPS) is 17.0. The molecule has 3 rings (SSSR count). The van der Waals surface area contributed by atoms with Crippen LogP contribution in [-0.2, 0) is 6.18 Å². The van der Waals surface area contributed by atoms with Crippen molar-refractivity contribution in [3.63, 3.8) is 0 Å². The Morgan fingerprint density at radius 2 is 1.97 bits per heavy atom. The minimum atomic E-state index is -4.59. The summed E-state index contributed by atoms with van der Waals surface area (Å²) in [5, 5.41) is 13.4. The van der Waals surface area contributed by atoms with Crippen LogP contribution in [0, 0.1) is 10.1 Å². The monoisotopic (exact) mass is 441 g/mol. The molecule has 1 heterocycles. The lowest BCUT2D eigenvalue weighted by Gasteiger charge is -2.36. The zero-order valence-corrected chi connectivity index (χ0v) is 16.8. The number of nitrogens with zero attached hydrogens (tertiary/aromatic N) is 2. The van der Waals surface area contributed by atoms with E-state index in [0.29, 0.717) is 12.2 Å². The van der Waals surface area contributed by atoms with Crippen molar-refractivity contribution in [3.05, 3.63) is 62.7 Å². The van der Waals surface area contributed by atoms with Crippen LogP contribution in [-0.4, -0.2) is 23.4 Å². The van der Waals surface area contributed by atoms with Crippen LogP contribution in [0.2, 0.25) is 5.02 Å². The lowest BCUT2D eigenvalue weighted by Crippen LogP contribution is -2.38. The predicted molar refractivity (Wildman–Crippen MR) is 108 cm³/mol. The number of carbonyl (C=O) groups is 1. The maximum atomic E-state index is 13.3. The maximum absolute atomic E-state index is 13.3. The van der Waals surface area contributed by atoms with Crippen LogP contribution in [0.1, 0.15) is 42.1 Å². The van der Waals surface area contributed by atoms with Gasteiger partial charge in [0.1, 0.15) is 0 Å². The Labute approximate surface area is 175 Å². The fourth-order valence-corrected chi connectivity index (χ4v) is 3.71. The molecule has 1 aliphatic rings. The van der Waals surface area contributed by atoms with E-state index in [2.05, 4.69) is 5.32 Å². The second kappa shape index (κ2) is 8.51. The number of anilines is 2. The molecule has 1 aliphatic heterocycles. The Hall–Kier alpha value is -2.81. The first-order chi connectivity index (χ1) is 14.1. The SMILES string of the molecule is CC1CCCCN1c1ccc(C(F)(F)F)cc1NC(=O)c1cc([N+](=O)[O-])ccc1Cl. The van der Waals surface area contributed by atoms with Crippen molar-refractivity contribution in [1.29, 1.82) is 0 Å². The molecule has 1 atom stereocenters. The van der Waals surface area contributed by atoms with Crippen LogP contribution in [0.3, 0.4) is 0 Å². The van der Waals surface area contributed by atoms with Gasteiger partial charge in [-0.1, -0.05) is 11.6 Å². The third kappa shape index (κ3) is 4.67. The van der Waals surface area contributed by atoms with E-state index < -0.39 is 22.6 Å². The number of amides is 1. The third-order valence-electron chi connectivity index (χ3n) is 5.09. The maximum Gasteiger partial charge on any atom is 0.416 e. The number of halogens is 4. The Morgan fingerprint density at radius 3 is 2.60 bits per heavy atom. The number of nitro groups is 1. The van der Waals surface area contributed by atoms with Crippen molar-refractivity contribution in [2.75, 3.05) is 16.8 Å². The Kier molecular flexibility index (Phi) is 6.21. The molecule has 10 heteroatoms. The molecule has 1 amide bonds. The summed E-state index contributed by atoms with van der Waals surface area (Å²) in [6.07, 6.45) is -1.81. The summed E-state index contributed by atoms with van der Waals surface area (Å²) in [7, 11) is 0. The number of benzene rings is 2. The summed E-state index contributed by atoms with van der Waals surface area (Å²) in [6.45, 7) is 2.62. The number of carbonyl (C=O) groups excluding carboxylic acids is 1. The first-order valence-electron chi connectivity index (χ1n) is 9.31. The van der Waals surface area contributed by atoms with Crippen molar-refractivity contribution < 1.29 is 22.9 Å². The Morgan fingerprint density at radius 1 is 1.23 bits per heavy atom. The van der Waals surface area contributed by atoms with Crippen molar-refractivity contribution in [2.24, 2.45) is 0 Å². The van der Waals surface area contributed by atoms with E-state index in [1.165, 1.54) is 12.1 Å². The highest BCUT2D eigenvalue weighted by Crippen LogP contribution is 2.38. The number of nitrogens with one attached hydrogen (secondary N) is 1. The molecule has 1 N–H and O–H groups in total. The van der Waals surface area contributed by atoms with Crippen molar-refractivity contribution in [1.82, 2.24) is 0 Å². The van der Waals surface area contributed by atoms with Gasteiger partial charge in [-0.2, -0.15) is 13.2 Å². The molecular weight excluding hydrogens is 423 g/mol. The molecule has 1 saturated heterocycles. The molecule has 0 spiro atoms. The van der Waals surface area contributed by atoms with E-state index in [1.807, 2.05) is 11.8 Å². The second-order valence-corrected chi connectivity index (χ2v) is 7.55. The number of rotatable bonds is 4. The summed E-state index contributed by atoms with van der Waals surface area (Å²) in [5.41, 5.74) is -1.01. The Bertz CT molecular complexity index is 981. The first-order valence-corrected chi connectivity index (χ1v) is 9.69. The number of nitro benzene ring substituents is 1. The lowest BCUT2D eigenvalue weighted by molar-refractivity contribution is -0.384. The highest BCUT2D eigenvalue weighted by Gasteiger charge is 2.32. The average Bonchev–Trinajstić information content (AvgIpc) is 2.68. The van der Waals surface area contributed by atoms with Crippen molar-refractivity contribution in [3.8, 4) is 0 Å². The van der Waals surface area contributed by atoms with E-state index in [9.17, 15) is 28.1 Å². The molecule has 0 saturated carbocycles. The van der Waals surface area contributed by atoms with Gasteiger partial charge in [0.25, 0.3) is 11.6 Å². The standard InChI is InChI=1S/C20H19ClF3N3O3/c1-12-4-2-3-9-26(12)18-8-5-13(20(22,23)24)10-17(18)25-19(28)15-11-14(27(29)30)6-7-16(15)21/h5-8,10-12H,2-4,9H2,1H3,(H,25,28). The highest BCUT2D eigenvalue weighted by molar-refractivity contribution is 6.34. The van der Waals surface area contributed by atoms with E-state index in [-0.39, 0.29) is 28.0 Å². The van der Waals surface area contributed by atoms with Crippen LogP contribution in [0.15, 0.2) is 36.4 Å². The van der Waals surface area contributed by atoms with Crippen LogP contribution < -0.4 is 10.2 Å². The summed E-state index contributed by atoms with van der Waals surface area (Å²) in [5.74, 6) is -0.825. The van der Waals surface area contributed by atoms with Crippen molar-refractivity contribution >= 4 is 34.6 Å². The van der Waals surface area contributed by atoms with E-state index in [4.69, 9.17) is 11.6 Å². The molecule has 2 aromatic carbocycles. The summed E-state index contributed by atoms with van der Waals surface area (Å²) in [4.78, 5) is 25.0. The van der Waals surface area contributed by atoms with Gasteiger partial charge in [0, 0.05) is 24.7 Å². The van der Waals surface area contributed by atoms with E-state index >= 15 is 0 Å². The molecule has 1 unspecified atom stereocenters. The fraction of sp³-hybridized carbons (Fsp3) is 0.350. The van der Waals surface area contributed by atoms with Crippen LogP contribution in [0.25, 0.3) is 0 Å². The number of hydrogen-bond donors (Lipinski definition) is 1. The van der Waals surface area contributed by atoms with Crippen LogP contribution in [0.4, 0.5) is 30.2 Å². The number of alkyl halides is 3. The largest absolute Gasteiger partial charge is 0.416 e. The van der Waals surface area contributed by atoms with Crippen LogP contribution >= 0.6 is 11.6 Å². The number of piperidine rings is 1. The van der Waals surface area contributed by atoms with Gasteiger partial charge in [-0.25, -0.2) is 0 Å². The zero-order valence-electron chi connectivity index (χ0n) is 16.0. The Balaban J connectivity index is 2.01. The molecule has 6 nitrogen and oxygen atoms in total. The van der Waals surface area contributed by atoms with E-state index in [1.54, 1.807) is 0 Å². The van der Waals surface area contributed by atoms with Gasteiger partial charge in [-0.05, 0) is 50.5 Å². The molecule has 30 heavy (non-hydrogen) atoms. The molecule has 2 aromatic rings. The molecule has 0 radical (unpaired) electrons. The van der Waals surface area contributed by atoms with Gasteiger partial charge < -0.3 is 10.2 Å². The third-order valence-corrected chi connectivity index (χ3v) is 5.42. The van der Waals surface area contributed by atoms with Gasteiger partial charge >= 0.3 is 6.18 Å². The smallest absolute Gasteiger partial charge is 0.367 e. The molecule has 160 valence electrons. The average molecular weight is 442 g/mol. The first kappa shape index (κ1) is 21.9. The fourth-order valence-electron chi connectivity index (χ4n) is 3.51. The molecular formula is C20H19ClF3N3O3. The second-order valence-electron chi connectivity index (χ2n) is 7.14. The zero-order chi connectivity index (χ0) is 22.1. The lowest BCUT2D eigenvalue weighted by atomic mass is 10.0. The summed E-state index contributed by atoms with van der Waals surface area (Å²) >= 11 is 6.00. The topological polar surface area (TPSA) is 75.5 Å². The van der Waals surface area contributed by atoms with Crippen molar-refractivity contribution in [2.45, 2.75) is 38.4 Å². The highest BCUT2D eigenvalue weighted by atomic mass is 35.5.